The highest BCUT2D eigenvalue weighted by Gasteiger charge is 1.92. The van der Waals surface area contributed by atoms with Gasteiger partial charge in [0.15, 0.2) is 0 Å². The van der Waals surface area contributed by atoms with Crippen LogP contribution in [0.15, 0.2) is 71.5 Å². The molecule has 0 saturated carbocycles. The molecule has 1 aromatic rings. The van der Waals surface area contributed by atoms with Crippen molar-refractivity contribution in [2.24, 2.45) is 0 Å². The molecule has 2 rings (SSSR count). The molecule has 80 valence electrons. The lowest BCUT2D eigenvalue weighted by atomic mass is 10.1. The van der Waals surface area contributed by atoms with E-state index in [1.54, 1.807) is 24.3 Å². The van der Waals surface area contributed by atoms with Gasteiger partial charge in [0, 0.05) is 23.3 Å². The first-order valence-corrected chi connectivity index (χ1v) is 5.39. The Hall–Kier alpha value is -3.06. The van der Waals surface area contributed by atoms with Crippen molar-refractivity contribution in [3.8, 4) is 23.7 Å². The predicted molar refractivity (Wildman–Crippen MR) is 72.5 cm³/mol. The maximum atomic E-state index is 3.03. The van der Waals surface area contributed by atoms with Crippen LogP contribution in [0.2, 0.25) is 0 Å². The third kappa shape index (κ3) is 3.51. The molecule has 18 heavy (non-hydrogen) atoms. The Labute approximate surface area is 107 Å². The average Bonchev–Trinajstić information content (AvgIpc) is 2.41. The van der Waals surface area contributed by atoms with Gasteiger partial charge in [0.05, 0.1) is 0 Å². The van der Waals surface area contributed by atoms with Crippen LogP contribution in [-0.2, 0) is 0 Å². The van der Waals surface area contributed by atoms with Gasteiger partial charge >= 0.3 is 0 Å². The Morgan fingerprint density at radius 1 is 0.611 bits per heavy atom. The maximum Gasteiger partial charge on any atom is 0.0405 e. The zero-order valence-corrected chi connectivity index (χ0v) is 9.62. The van der Waals surface area contributed by atoms with Crippen LogP contribution in [0.3, 0.4) is 0 Å². The Morgan fingerprint density at radius 2 is 1.11 bits per heavy atom. The molecule has 0 nitrogen and oxygen atoms in total. The van der Waals surface area contributed by atoms with Crippen molar-refractivity contribution >= 4 is 0 Å². The van der Waals surface area contributed by atoms with Crippen LogP contribution in [-0.4, -0.2) is 0 Å². The highest BCUT2D eigenvalue weighted by Crippen LogP contribution is 2.05. The second kappa shape index (κ2) is 6.51. The van der Waals surface area contributed by atoms with E-state index in [1.165, 1.54) is 0 Å². The molecule has 1 aromatic carbocycles. The molecular weight excluding hydrogens is 216 g/mol. The first kappa shape index (κ1) is 11.4. The standard InChI is InChI=1S/C18H8/c1-2-4-6-8-10-14-18-16-12-11-15-17(18)13-9-7-5-3-1/h1-2,7-8,11-12,15-16H. The van der Waals surface area contributed by atoms with Gasteiger partial charge in [-0.2, -0.15) is 0 Å². The second-order valence-electron chi connectivity index (χ2n) is 3.28. The van der Waals surface area contributed by atoms with E-state index in [9.17, 15) is 0 Å². The van der Waals surface area contributed by atoms with Gasteiger partial charge < -0.3 is 0 Å². The van der Waals surface area contributed by atoms with Crippen LogP contribution >= 0.6 is 0 Å². The molecule has 0 fully saturated rings. The number of rotatable bonds is 0. The number of hydrogen-bond donors (Lipinski definition) is 0. The van der Waals surface area contributed by atoms with Crippen LogP contribution in [0, 0.1) is 23.7 Å². The van der Waals surface area contributed by atoms with E-state index in [-0.39, 0.29) is 0 Å². The second-order valence-corrected chi connectivity index (χ2v) is 3.28. The average molecular weight is 224 g/mol. The van der Waals surface area contributed by atoms with Crippen LogP contribution in [0.5, 0.6) is 0 Å². The summed E-state index contributed by atoms with van der Waals surface area (Å²) in [7, 11) is 0. The van der Waals surface area contributed by atoms with Gasteiger partial charge in [0.1, 0.15) is 0 Å². The number of hydrogen-bond acceptors (Lipinski definition) is 0. The minimum atomic E-state index is 0.900. The van der Waals surface area contributed by atoms with E-state index in [1.807, 2.05) is 24.3 Å². The largest absolute Gasteiger partial charge is 0.0689 e. The van der Waals surface area contributed by atoms with E-state index in [0.29, 0.717) is 0 Å². The van der Waals surface area contributed by atoms with Gasteiger partial charge in [-0.05, 0) is 24.3 Å². The van der Waals surface area contributed by atoms with E-state index >= 15 is 0 Å². The Morgan fingerprint density at radius 3 is 1.61 bits per heavy atom. The molecule has 0 heteroatoms. The highest BCUT2D eigenvalue weighted by atomic mass is 13.9. The molecule has 0 atom stereocenters. The summed E-state index contributed by atoms with van der Waals surface area (Å²) < 4.78 is 0. The molecule has 0 radical (unpaired) electrons. The molecule has 0 N–H and O–H groups in total. The third-order valence-electron chi connectivity index (χ3n) is 2.05. The lowest BCUT2D eigenvalue weighted by Gasteiger charge is -1.93. The topological polar surface area (TPSA) is 0 Å². The van der Waals surface area contributed by atoms with E-state index in [2.05, 4.69) is 46.6 Å². The first-order valence-electron chi connectivity index (χ1n) is 5.39. The lowest BCUT2D eigenvalue weighted by molar-refractivity contribution is 1.59. The number of allylic oxidation sites excluding steroid dienone is 4. The van der Waals surface area contributed by atoms with Gasteiger partial charge in [-0.15, -0.1) is 0 Å². The fourth-order valence-corrected chi connectivity index (χ4v) is 1.26. The van der Waals surface area contributed by atoms with Crippen molar-refractivity contribution in [1.82, 2.24) is 0 Å². The minimum absolute atomic E-state index is 0.900. The molecule has 0 unspecified atom stereocenters. The summed E-state index contributed by atoms with van der Waals surface area (Å²) in [6.45, 7) is 0. The quantitative estimate of drug-likeness (QED) is 0.469. The number of benzene rings is 1. The van der Waals surface area contributed by atoms with Crippen LogP contribution in [0.1, 0.15) is 11.1 Å². The molecule has 1 aliphatic carbocycles. The highest BCUT2D eigenvalue weighted by molar-refractivity contribution is 5.51. The van der Waals surface area contributed by atoms with Crippen molar-refractivity contribution < 1.29 is 0 Å². The monoisotopic (exact) mass is 224 g/mol. The zero-order valence-electron chi connectivity index (χ0n) is 9.62. The van der Waals surface area contributed by atoms with Gasteiger partial charge in [0.25, 0.3) is 0 Å². The molecular formula is C18H8. The van der Waals surface area contributed by atoms with Crippen LogP contribution in [0.25, 0.3) is 0 Å². The predicted octanol–water partition coefficient (Wildman–Crippen LogP) is 3.14. The molecule has 1 aliphatic rings. The minimum Gasteiger partial charge on any atom is -0.0689 e. The van der Waals surface area contributed by atoms with E-state index in [4.69, 9.17) is 0 Å². The van der Waals surface area contributed by atoms with Crippen LogP contribution in [0.4, 0.5) is 0 Å². The third-order valence-corrected chi connectivity index (χ3v) is 2.05. The molecule has 0 aromatic heterocycles. The normalized spacial score (nSPS) is 10.9. The molecule has 0 bridgehead atoms. The lowest BCUT2D eigenvalue weighted by Crippen LogP contribution is -1.81. The Bertz CT molecular complexity index is 701. The summed E-state index contributed by atoms with van der Waals surface area (Å²) in [4.78, 5) is 0. The van der Waals surface area contributed by atoms with Crippen molar-refractivity contribution in [1.29, 1.82) is 0 Å². The molecule has 0 aliphatic heterocycles. The van der Waals surface area contributed by atoms with Crippen LogP contribution < -0.4 is 0 Å². The Balaban J connectivity index is 2.59. The van der Waals surface area contributed by atoms with Gasteiger partial charge in [0.2, 0.25) is 0 Å². The maximum absolute atomic E-state index is 3.03. The van der Waals surface area contributed by atoms with Crippen molar-refractivity contribution in [3.05, 3.63) is 82.6 Å². The van der Waals surface area contributed by atoms with Crippen molar-refractivity contribution in [2.45, 2.75) is 0 Å². The SMILES string of the molecule is C1=C=CC=C=C=CC#Cc2ccccc2C#CC=1. The smallest absolute Gasteiger partial charge is 0.0405 e. The summed E-state index contributed by atoms with van der Waals surface area (Å²) >= 11 is 0. The fourth-order valence-electron chi connectivity index (χ4n) is 1.26. The van der Waals surface area contributed by atoms with Crippen molar-refractivity contribution in [3.63, 3.8) is 0 Å². The molecule has 0 heterocycles. The summed E-state index contributed by atoms with van der Waals surface area (Å²) in [6, 6.07) is 7.76. The van der Waals surface area contributed by atoms with Crippen molar-refractivity contribution in [2.75, 3.05) is 0 Å². The fraction of sp³-hybridized carbons (Fsp3) is 0. The molecule has 0 saturated heterocycles. The first-order chi connectivity index (χ1) is 8.97. The van der Waals surface area contributed by atoms with E-state index < -0.39 is 0 Å². The molecule has 0 amide bonds. The van der Waals surface area contributed by atoms with Gasteiger partial charge in [-0.3, -0.25) is 0 Å². The summed E-state index contributed by atoms with van der Waals surface area (Å²) in [5, 5.41) is 0. The summed E-state index contributed by atoms with van der Waals surface area (Å²) in [5.74, 6) is 11.9. The zero-order chi connectivity index (χ0) is 12.5. The van der Waals surface area contributed by atoms with Gasteiger partial charge in [-0.25, -0.2) is 0 Å². The van der Waals surface area contributed by atoms with Gasteiger partial charge in [-0.1, -0.05) is 58.7 Å². The summed E-state index contributed by atoms with van der Waals surface area (Å²) in [6.07, 6.45) is 6.62. The van der Waals surface area contributed by atoms with E-state index in [0.717, 1.165) is 11.1 Å². The summed E-state index contributed by atoms with van der Waals surface area (Å²) in [5.41, 5.74) is 13.1. The number of fused-ring (bicyclic) bond motifs is 1. The Kier molecular flexibility index (Phi) is 4.13. The molecule has 0 spiro atoms.